The molecular weight excluding hydrogens is 308 g/mol. The van der Waals surface area contributed by atoms with Crippen LogP contribution in [-0.4, -0.2) is 31.5 Å². The molecule has 0 spiro atoms. The van der Waals surface area contributed by atoms with E-state index in [1.54, 1.807) is 19.4 Å². The fourth-order valence-electron chi connectivity index (χ4n) is 2.47. The molecule has 0 aliphatic heterocycles. The summed E-state index contributed by atoms with van der Waals surface area (Å²) in [5, 5.41) is 12.0. The fraction of sp³-hybridized carbons (Fsp3) is 0.263. The van der Waals surface area contributed by atoms with Gasteiger partial charge in [-0.2, -0.15) is 0 Å². The van der Waals surface area contributed by atoms with Crippen LogP contribution in [0.1, 0.15) is 5.76 Å². The summed E-state index contributed by atoms with van der Waals surface area (Å²) in [6.45, 7) is 0.604. The van der Waals surface area contributed by atoms with Crippen molar-refractivity contribution in [2.24, 2.45) is 0 Å². The Morgan fingerprint density at radius 3 is 2.71 bits per heavy atom. The predicted octanol–water partition coefficient (Wildman–Crippen LogP) is 3.40. The summed E-state index contributed by atoms with van der Waals surface area (Å²) in [6.07, 6.45) is 0.848. The second kappa shape index (κ2) is 7.86. The number of hydrogen-bond acceptors (Lipinski definition) is 5. The van der Waals surface area contributed by atoms with Gasteiger partial charge in [0.1, 0.15) is 25.1 Å². The molecule has 0 saturated heterocycles. The molecule has 1 N–H and O–H groups in total. The van der Waals surface area contributed by atoms with Crippen molar-refractivity contribution in [3.05, 3.63) is 60.6 Å². The van der Waals surface area contributed by atoms with Crippen molar-refractivity contribution < 1.29 is 23.7 Å². The molecule has 2 aromatic carbocycles. The Kier molecular flexibility index (Phi) is 5.36. The Bertz CT molecular complexity index is 767. The predicted molar refractivity (Wildman–Crippen MR) is 90.4 cm³/mol. The minimum Gasteiger partial charge on any atom is -0.492 e. The van der Waals surface area contributed by atoms with Crippen LogP contribution in [0.25, 0.3) is 10.8 Å². The Labute approximate surface area is 140 Å². The largest absolute Gasteiger partial charge is 0.492 e. The highest BCUT2D eigenvalue weighted by atomic mass is 16.5. The van der Waals surface area contributed by atoms with Crippen molar-refractivity contribution in [3.8, 4) is 11.5 Å². The molecule has 0 bridgehead atoms. The van der Waals surface area contributed by atoms with E-state index in [1.165, 1.54) is 0 Å². The molecule has 0 saturated carbocycles. The monoisotopic (exact) mass is 328 g/mol. The lowest BCUT2D eigenvalue weighted by molar-refractivity contribution is 0.000546. The number of ether oxygens (including phenoxy) is 3. The first-order valence-corrected chi connectivity index (χ1v) is 7.74. The summed E-state index contributed by atoms with van der Waals surface area (Å²) < 4.78 is 21.7. The third-order valence-corrected chi connectivity index (χ3v) is 3.61. The maximum Gasteiger partial charge on any atom is 0.168 e. The molecule has 3 rings (SSSR count). The number of furan rings is 1. The summed E-state index contributed by atoms with van der Waals surface area (Å²) in [6, 6.07) is 15.3. The van der Waals surface area contributed by atoms with Crippen LogP contribution < -0.4 is 9.47 Å². The van der Waals surface area contributed by atoms with E-state index in [9.17, 15) is 5.11 Å². The van der Waals surface area contributed by atoms with Crippen LogP contribution in [0.5, 0.6) is 11.5 Å². The lowest BCUT2D eigenvalue weighted by Gasteiger charge is -2.16. The molecule has 0 aliphatic rings. The Morgan fingerprint density at radius 2 is 1.92 bits per heavy atom. The number of aliphatic hydroxyl groups excluding tert-OH is 1. The van der Waals surface area contributed by atoms with Crippen molar-refractivity contribution in [3.63, 3.8) is 0 Å². The molecule has 1 heterocycles. The number of aliphatic hydroxyl groups is 1. The lowest BCUT2D eigenvalue weighted by atomic mass is 10.1. The molecule has 1 aromatic heterocycles. The number of fused-ring (bicyclic) bond motifs is 1. The number of hydrogen-bond donors (Lipinski definition) is 1. The van der Waals surface area contributed by atoms with E-state index in [1.807, 2.05) is 42.5 Å². The van der Waals surface area contributed by atoms with Crippen LogP contribution >= 0.6 is 0 Å². The standard InChI is InChI=1S/C19H20O5/c1-21-19-17-7-3-2-5-14(17)8-9-18(19)24-12-15(20)11-22-13-16-6-4-10-23-16/h2-10,15,20H,11-13H2,1H3. The minimum atomic E-state index is -0.740. The first-order valence-electron chi connectivity index (χ1n) is 7.74. The minimum absolute atomic E-state index is 0.118. The zero-order chi connectivity index (χ0) is 16.8. The lowest BCUT2D eigenvalue weighted by Crippen LogP contribution is -2.23. The summed E-state index contributed by atoms with van der Waals surface area (Å²) in [4.78, 5) is 0. The van der Waals surface area contributed by atoms with E-state index in [4.69, 9.17) is 18.6 Å². The van der Waals surface area contributed by atoms with E-state index in [2.05, 4.69) is 0 Å². The molecule has 24 heavy (non-hydrogen) atoms. The van der Waals surface area contributed by atoms with Gasteiger partial charge in [-0.3, -0.25) is 0 Å². The van der Waals surface area contributed by atoms with E-state index >= 15 is 0 Å². The van der Waals surface area contributed by atoms with Crippen LogP contribution in [0.3, 0.4) is 0 Å². The zero-order valence-electron chi connectivity index (χ0n) is 13.5. The fourth-order valence-corrected chi connectivity index (χ4v) is 2.47. The number of benzene rings is 2. The quantitative estimate of drug-likeness (QED) is 0.687. The normalized spacial score (nSPS) is 12.2. The molecule has 0 amide bonds. The maximum atomic E-state index is 9.99. The summed E-state index contributed by atoms with van der Waals surface area (Å²) in [7, 11) is 1.61. The molecule has 5 heteroatoms. The van der Waals surface area contributed by atoms with Gasteiger partial charge in [-0.25, -0.2) is 0 Å². The molecule has 0 aliphatic carbocycles. The van der Waals surface area contributed by atoms with Gasteiger partial charge in [-0.1, -0.05) is 30.3 Å². The first kappa shape index (κ1) is 16.4. The molecule has 126 valence electrons. The van der Waals surface area contributed by atoms with Gasteiger partial charge in [0.2, 0.25) is 0 Å². The number of methoxy groups -OCH3 is 1. The molecule has 1 unspecified atom stereocenters. The van der Waals surface area contributed by atoms with Crippen LogP contribution in [0.15, 0.2) is 59.2 Å². The van der Waals surface area contributed by atoms with Gasteiger partial charge in [0.15, 0.2) is 11.5 Å². The van der Waals surface area contributed by atoms with E-state index in [0.717, 1.165) is 16.5 Å². The smallest absolute Gasteiger partial charge is 0.168 e. The van der Waals surface area contributed by atoms with Crippen molar-refractivity contribution in [1.82, 2.24) is 0 Å². The number of rotatable bonds is 8. The van der Waals surface area contributed by atoms with Gasteiger partial charge in [0, 0.05) is 5.39 Å². The van der Waals surface area contributed by atoms with Gasteiger partial charge >= 0.3 is 0 Å². The van der Waals surface area contributed by atoms with Gasteiger partial charge in [0.25, 0.3) is 0 Å². The average molecular weight is 328 g/mol. The van der Waals surface area contributed by atoms with E-state index in [0.29, 0.717) is 18.1 Å². The van der Waals surface area contributed by atoms with Crippen molar-refractivity contribution in [2.45, 2.75) is 12.7 Å². The maximum absolute atomic E-state index is 9.99. The van der Waals surface area contributed by atoms with Crippen LogP contribution in [0.2, 0.25) is 0 Å². The molecule has 5 nitrogen and oxygen atoms in total. The van der Waals surface area contributed by atoms with Crippen molar-refractivity contribution in [2.75, 3.05) is 20.3 Å². The van der Waals surface area contributed by atoms with E-state index in [-0.39, 0.29) is 13.2 Å². The van der Waals surface area contributed by atoms with Crippen molar-refractivity contribution in [1.29, 1.82) is 0 Å². The molecule has 0 fully saturated rings. The molecular formula is C19H20O5. The highest BCUT2D eigenvalue weighted by Crippen LogP contribution is 2.35. The second-order valence-corrected chi connectivity index (χ2v) is 5.38. The van der Waals surface area contributed by atoms with E-state index < -0.39 is 6.10 Å². The highest BCUT2D eigenvalue weighted by molar-refractivity contribution is 5.90. The van der Waals surface area contributed by atoms with Crippen molar-refractivity contribution >= 4 is 10.8 Å². The summed E-state index contributed by atoms with van der Waals surface area (Å²) >= 11 is 0. The average Bonchev–Trinajstić information content (AvgIpc) is 3.12. The van der Waals surface area contributed by atoms with Gasteiger partial charge < -0.3 is 23.7 Å². The SMILES string of the molecule is COc1c(OCC(O)COCc2ccco2)ccc2ccccc12. The second-order valence-electron chi connectivity index (χ2n) is 5.38. The first-order chi connectivity index (χ1) is 11.8. The van der Waals surface area contributed by atoms with Crippen LogP contribution in [0, 0.1) is 0 Å². The molecule has 0 radical (unpaired) electrons. The zero-order valence-corrected chi connectivity index (χ0v) is 13.5. The third-order valence-electron chi connectivity index (χ3n) is 3.61. The van der Waals surface area contributed by atoms with Crippen LogP contribution in [0.4, 0.5) is 0 Å². The third kappa shape index (κ3) is 3.88. The Balaban J connectivity index is 1.56. The summed E-state index contributed by atoms with van der Waals surface area (Å²) in [5.74, 6) is 1.98. The highest BCUT2D eigenvalue weighted by Gasteiger charge is 2.12. The molecule has 1 atom stereocenters. The molecule has 3 aromatic rings. The summed E-state index contributed by atoms with van der Waals surface area (Å²) in [5.41, 5.74) is 0. The van der Waals surface area contributed by atoms with Gasteiger partial charge in [-0.05, 0) is 23.6 Å². The Morgan fingerprint density at radius 1 is 1.04 bits per heavy atom. The van der Waals surface area contributed by atoms with Gasteiger partial charge in [0.05, 0.1) is 20.0 Å². The van der Waals surface area contributed by atoms with Gasteiger partial charge in [-0.15, -0.1) is 0 Å². The Hall–Kier alpha value is -2.50. The van der Waals surface area contributed by atoms with Crippen LogP contribution in [-0.2, 0) is 11.3 Å². The topological polar surface area (TPSA) is 61.1 Å².